The lowest BCUT2D eigenvalue weighted by Gasteiger charge is -2.35. The average Bonchev–Trinajstić information content (AvgIpc) is 2.46. The summed E-state index contributed by atoms with van der Waals surface area (Å²) in [4.78, 5) is 7.03. The third-order valence-corrected chi connectivity index (χ3v) is 5.11. The number of aromatic nitrogens is 1. The molecule has 4 heteroatoms. The van der Waals surface area contributed by atoms with Crippen LogP contribution in [0.4, 0.5) is 5.69 Å². The summed E-state index contributed by atoms with van der Waals surface area (Å²) in [5.41, 5.74) is 3.81. The van der Waals surface area contributed by atoms with Crippen LogP contribution in [0.1, 0.15) is 38.4 Å². The molecule has 112 valence electrons. The van der Waals surface area contributed by atoms with Crippen molar-refractivity contribution in [3.8, 4) is 0 Å². The summed E-state index contributed by atoms with van der Waals surface area (Å²) >= 11 is 2.12. The van der Waals surface area contributed by atoms with Gasteiger partial charge < -0.3 is 10.2 Å². The summed E-state index contributed by atoms with van der Waals surface area (Å²) in [5.74, 6) is 1.23. The Bertz CT molecular complexity index is 434. The van der Waals surface area contributed by atoms with Crippen molar-refractivity contribution in [3.05, 3.63) is 23.5 Å². The van der Waals surface area contributed by atoms with Crippen LogP contribution in [0.3, 0.4) is 0 Å². The van der Waals surface area contributed by atoms with E-state index in [0.717, 1.165) is 24.0 Å². The van der Waals surface area contributed by atoms with E-state index in [1.165, 1.54) is 30.0 Å². The molecule has 1 unspecified atom stereocenters. The highest BCUT2D eigenvalue weighted by Crippen LogP contribution is 2.28. The molecule has 2 rings (SSSR count). The van der Waals surface area contributed by atoms with Crippen LogP contribution in [0, 0.1) is 6.92 Å². The van der Waals surface area contributed by atoms with Crippen LogP contribution >= 0.6 is 11.8 Å². The summed E-state index contributed by atoms with van der Waals surface area (Å²) in [7, 11) is 0. The third kappa shape index (κ3) is 4.13. The maximum atomic E-state index is 4.48. The highest BCUT2D eigenvalue weighted by Gasteiger charge is 2.21. The van der Waals surface area contributed by atoms with Crippen LogP contribution in [0.5, 0.6) is 0 Å². The SMILES string of the molecule is CCC1CN(c2cc(C)ncc2CNC(C)C)CCS1. The monoisotopic (exact) mass is 293 g/mol. The predicted molar refractivity (Wildman–Crippen MR) is 89.7 cm³/mol. The highest BCUT2D eigenvalue weighted by molar-refractivity contribution is 8.00. The van der Waals surface area contributed by atoms with Gasteiger partial charge in [-0.2, -0.15) is 11.8 Å². The molecule has 1 saturated heterocycles. The third-order valence-electron chi connectivity index (χ3n) is 3.73. The second kappa shape index (κ2) is 7.32. The summed E-state index contributed by atoms with van der Waals surface area (Å²) < 4.78 is 0. The molecular weight excluding hydrogens is 266 g/mol. The van der Waals surface area contributed by atoms with Crippen LogP contribution in [0.2, 0.25) is 0 Å². The van der Waals surface area contributed by atoms with Crippen molar-refractivity contribution in [1.29, 1.82) is 0 Å². The van der Waals surface area contributed by atoms with Crippen molar-refractivity contribution in [2.75, 3.05) is 23.7 Å². The predicted octanol–water partition coefficient (Wildman–Crippen LogP) is 3.22. The Labute approximate surface area is 127 Å². The van der Waals surface area contributed by atoms with E-state index >= 15 is 0 Å². The van der Waals surface area contributed by atoms with Gasteiger partial charge in [0.15, 0.2) is 0 Å². The second-order valence-corrected chi connectivity index (χ2v) is 7.25. The van der Waals surface area contributed by atoms with E-state index in [0.29, 0.717) is 6.04 Å². The van der Waals surface area contributed by atoms with E-state index in [9.17, 15) is 0 Å². The van der Waals surface area contributed by atoms with Gasteiger partial charge in [-0.3, -0.25) is 4.98 Å². The number of anilines is 1. The molecule has 1 N–H and O–H groups in total. The van der Waals surface area contributed by atoms with Crippen molar-refractivity contribution < 1.29 is 0 Å². The Morgan fingerprint density at radius 1 is 1.50 bits per heavy atom. The quantitative estimate of drug-likeness (QED) is 0.902. The molecule has 20 heavy (non-hydrogen) atoms. The molecule has 0 aliphatic carbocycles. The fourth-order valence-corrected chi connectivity index (χ4v) is 3.68. The smallest absolute Gasteiger partial charge is 0.0446 e. The zero-order valence-corrected chi connectivity index (χ0v) is 14.0. The van der Waals surface area contributed by atoms with Crippen molar-refractivity contribution in [1.82, 2.24) is 10.3 Å². The number of nitrogens with one attached hydrogen (secondary N) is 1. The van der Waals surface area contributed by atoms with Crippen molar-refractivity contribution in [2.24, 2.45) is 0 Å². The van der Waals surface area contributed by atoms with Gasteiger partial charge in [0.05, 0.1) is 0 Å². The van der Waals surface area contributed by atoms with Gasteiger partial charge >= 0.3 is 0 Å². The minimum Gasteiger partial charge on any atom is -0.369 e. The van der Waals surface area contributed by atoms with Crippen LogP contribution in [-0.2, 0) is 6.54 Å². The Kier molecular flexibility index (Phi) is 5.73. The number of thioether (sulfide) groups is 1. The first kappa shape index (κ1) is 15.6. The lowest BCUT2D eigenvalue weighted by atomic mass is 10.1. The number of aryl methyl sites for hydroxylation is 1. The lowest BCUT2D eigenvalue weighted by Crippen LogP contribution is -2.38. The molecule has 0 amide bonds. The minimum absolute atomic E-state index is 0.504. The number of rotatable bonds is 5. The molecular formula is C16H27N3S. The van der Waals surface area contributed by atoms with Gasteiger partial charge in [0.2, 0.25) is 0 Å². The molecule has 1 aliphatic rings. The number of nitrogens with zero attached hydrogens (tertiary/aromatic N) is 2. The van der Waals surface area contributed by atoms with Gasteiger partial charge in [-0.25, -0.2) is 0 Å². The van der Waals surface area contributed by atoms with Crippen molar-refractivity contribution in [2.45, 2.75) is 52.0 Å². The molecule has 0 saturated carbocycles. The Morgan fingerprint density at radius 2 is 2.30 bits per heavy atom. The van der Waals surface area contributed by atoms with Crippen LogP contribution in [0.25, 0.3) is 0 Å². The first-order valence-corrected chi connectivity index (χ1v) is 8.70. The van der Waals surface area contributed by atoms with Crippen LogP contribution < -0.4 is 10.2 Å². The van der Waals surface area contributed by atoms with Gasteiger partial charge in [0.1, 0.15) is 0 Å². The van der Waals surface area contributed by atoms with Crippen molar-refractivity contribution in [3.63, 3.8) is 0 Å². The lowest BCUT2D eigenvalue weighted by molar-refractivity contribution is 0.586. The average molecular weight is 293 g/mol. The largest absolute Gasteiger partial charge is 0.369 e. The first-order chi connectivity index (χ1) is 9.60. The van der Waals surface area contributed by atoms with Crippen molar-refractivity contribution >= 4 is 17.4 Å². The van der Waals surface area contributed by atoms with Crippen LogP contribution in [-0.4, -0.2) is 35.1 Å². The maximum absolute atomic E-state index is 4.48. The molecule has 1 fully saturated rings. The molecule has 2 heterocycles. The normalized spacial score (nSPS) is 19.6. The number of pyridine rings is 1. The fourth-order valence-electron chi connectivity index (χ4n) is 2.50. The zero-order chi connectivity index (χ0) is 14.5. The van der Waals surface area contributed by atoms with Gasteiger partial charge in [-0.05, 0) is 19.4 Å². The minimum atomic E-state index is 0.504. The van der Waals surface area contributed by atoms with E-state index in [1.807, 2.05) is 6.20 Å². The molecule has 1 aromatic rings. The highest BCUT2D eigenvalue weighted by atomic mass is 32.2. The topological polar surface area (TPSA) is 28.2 Å². The van der Waals surface area contributed by atoms with Crippen LogP contribution in [0.15, 0.2) is 12.3 Å². The standard InChI is InChI=1S/C16H27N3S/c1-5-15-11-19(6-7-20-15)16-8-13(4)18-10-14(16)9-17-12(2)3/h8,10,12,15,17H,5-7,9,11H2,1-4H3. The van der Waals surface area contributed by atoms with Gasteiger partial charge in [0.25, 0.3) is 0 Å². The number of hydrogen-bond acceptors (Lipinski definition) is 4. The molecule has 1 aliphatic heterocycles. The van der Waals surface area contributed by atoms with E-state index < -0.39 is 0 Å². The van der Waals surface area contributed by atoms with Gasteiger partial charge in [-0.1, -0.05) is 20.8 Å². The summed E-state index contributed by atoms with van der Waals surface area (Å²) in [6, 6.07) is 2.75. The molecule has 0 spiro atoms. The zero-order valence-electron chi connectivity index (χ0n) is 13.1. The summed E-state index contributed by atoms with van der Waals surface area (Å²) in [6.07, 6.45) is 3.30. The van der Waals surface area contributed by atoms with Gasteiger partial charge in [-0.15, -0.1) is 0 Å². The summed E-state index contributed by atoms with van der Waals surface area (Å²) in [6.45, 7) is 12.0. The number of hydrogen-bond donors (Lipinski definition) is 1. The molecule has 0 radical (unpaired) electrons. The maximum Gasteiger partial charge on any atom is 0.0446 e. The molecule has 1 atom stereocenters. The molecule has 1 aromatic heterocycles. The molecule has 3 nitrogen and oxygen atoms in total. The Hall–Kier alpha value is -0.740. The Balaban J connectivity index is 2.17. The Morgan fingerprint density at radius 3 is 3.00 bits per heavy atom. The second-order valence-electron chi connectivity index (χ2n) is 5.84. The van der Waals surface area contributed by atoms with E-state index in [4.69, 9.17) is 0 Å². The van der Waals surface area contributed by atoms with Gasteiger partial charge in [0, 0.05) is 59.8 Å². The van der Waals surface area contributed by atoms with E-state index in [2.05, 4.69) is 60.7 Å². The molecule has 0 bridgehead atoms. The fraction of sp³-hybridized carbons (Fsp3) is 0.688. The van der Waals surface area contributed by atoms with E-state index in [1.54, 1.807) is 0 Å². The van der Waals surface area contributed by atoms with E-state index in [-0.39, 0.29) is 0 Å². The first-order valence-electron chi connectivity index (χ1n) is 7.65. The molecule has 0 aromatic carbocycles. The summed E-state index contributed by atoms with van der Waals surface area (Å²) in [5, 5.41) is 4.28.